The van der Waals surface area contributed by atoms with Gasteiger partial charge in [-0.15, -0.1) is 0 Å². The van der Waals surface area contributed by atoms with Gasteiger partial charge in [-0.1, -0.05) is 13.8 Å². The van der Waals surface area contributed by atoms with Crippen LogP contribution in [0.2, 0.25) is 0 Å². The summed E-state index contributed by atoms with van der Waals surface area (Å²) >= 11 is 0. The van der Waals surface area contributed by atoms with Crippen molar-refractivity contribution in [2.75, 3.05) is 33.3 Å². The largest absolute Gasteiger partial charge is 0.459 e. The van der Waals surface area contributed by atoms with E-state index in [0.29, 0.717) is 6.61 Å². The number of likely N-dealkylation sites (N-methyl/N-ethyl adjacent to an activating group) is 1. The molecule has 0 saturated carbocycles. The molecule has 0 aliphatic heterocycles. The summed E-state index contributed by atoms with van der Waals surface area (Å²) in [4.78, 5) is 11.6. The molecule has 0 radical (unpaired) electrons. The van der Waals surface area contributed by atoms with Crippen molar-refractivity contribution in [1.82, 2.24) is 0 Å². The van der Waals surface area contributed by atoms with E-state index >= 15 is 0 Å². The highest BCUT2D eigenvalue weighted by Gasteiger charge is 2.19. The first kappa shape index (κ1) is 15.4. The first-order valence-corrected chi connectivity index (χ1v) is 6.53. The van der Waals surface area contributed by atoms with Gasteiger partial charge in [-0.25, -0.2) is 0 Å². The Balaban J connectivity index is 3.93. The zero-order valence-electron chi connectivity index (χ0n) is 11.6. The van der Waals surface area contributed by atoms with E-state index in [1.165, 1.54) is 0 Å². The summed E-state index contributed by atoms with van der Waals surface area (Å²) in [7, 11) is 2.20. The second kappa shape index (κ2) is 7.66. The van der Waals surface area contributed by atoms with Crippen molar-refractivity contribution in [3.63, 3.8) is 0 Å². The quantitative estimate of drug-likeness (QED) is 0.473. The van der Waals surface area contributed by atoms with E-state index in [4.69, 9.17) is 4.74 Å². The zero-order valence-corrected chi connectivity index (χ0v) is 11.6. The molecule has 0 amide bonds. The number of quaternary nitrogens is 1. The Labute approximate surface area is 100 Å². The second-order valence-corrected chi connectivity index (χ2v) is 4.66. The molecular weight excluding hydrogens is 202 g/mol. The third-order valence-corrected chi connectivity index (χ3v) is 3.72. The summed E-state index contributed by atoms with van der Waals surface area (Å²) in [5.41, 5.74) is 0. The zero-order chi connectivity index (χ0) is 12.6. The lowest BCUT2D eigenvalue weighted by Crippen LogP contribution is -2.46. The molecule has 0 rings (SSSR count). The van der Waals surface area contributed by atoms with Gasteiger partial charge in [0.25, 0.3) is 0 Å². The molecule has 0 aromatic heterocycles. The van der Waals surface area contributed by atoms with Crippen LogP contribution in [0.5, 0.6) is 0 Å². The van der Waals surface area contributed by atoms with Crippen LogP contribution in [0.4, 0.5) is 0 Å². The average molecular weight is 230 g/mol. The van der Waals surface area contributed by atoms with Crippen molar-refractivity contribution in [3.05, 3.63) is 0 Å². The molecular formula is C13H28NO2+. The average Bonchev–Trinajstić information content (AvgIpc) is 2.30. The van der Waals surface area contributed by atoms with Crippen molar-refractivity contribution >= 4 is 5.97 Å². The topological polar surface area (TPSA) is 26.3 Å². The van der Waals surface area contributed by atoms with E-state index in [2.05, 4.69) is 20.9 Å². The summed E-state index contributed by atoms with van der Waals surface area (Å²) in [6.07, 6.45) is 1.76. The van der Waals surface area contributed by atoms with Crippen LogP contribution in [-0.2, 0) is 9.53 Å². The Morgan fingerprint density at radius 1 is 1.12 bits per heavy atom. The molecule has 0 aliphatic rings. The van der Waals surface area contributed by atoms with Gasteiger partial charge in [0.2, 0.25) is 0 Å². The molecule has 0 bridgehead atoms. The molecule has 0 aliphatic carbocycles. The van der Waals surface area contributed by atoms with Crippen LogP contribution < -0.4 is 0 Å². The first-order valence-electron chi connectivity index (χ1n) is 6.53. The van der Waals surface area contributed by atoms with Gasteiger partial charge < -0.3 is 9.22 Å². The van der Waals surface area contributed by atoms with Crippen LogP contribution in [0.15, 0.2) is 0 Å². The summed E-state index contributed by atoms with van der Waals surface area (Å²) < 4.78 is 6.30. The van der Waals surface area contributed by atoms with E-state index in [-0.39, 0.29) is 11.9 Å². The lowest BCUT2D eigenvalue weighted by atomic mass is 10.0. The Kier molecular flexibility index (Phi) is 7.39. The van der Waals surface area contributed by atoms with Crippen molar-refractivity contribution in [2.45, 2.75) is 40.5 Å². The lowest BCUT2D eigenvalue weighted by Gasteiger charge is -2.31. The predicted octanol–water partition coefficient (Wildman–Crippen LogP) is 2.45. The van der Waals surface area contributed by atoms with Crippen LogP contribution in [-0.4, -0.2) is 43.7 Å². The Hall–Kier alpha value is -0.570. The molecule has 0 aromatic carbocycles. The first-order chi connectivity index (χ1) is 7.52. The van der Waals surface area contributed by atoms with Crippen molar-refractivity contribution < 1.29 is 14.0 Å². The third-order valence-electron chi connectivity index (χ3n) is 3.72. The molecule has 16 heavy (non-hydrogen) atoms. The van der Waals surface area contributed by atoms with E-state index in [0.717, 1.165) is 37.0 Å². The number of hydrogen-bond acceptors (Lipinski definition) is 2. The Bertz CT molecular complexity index is 196. The maximum atomic E-state index is 11.6. The Morgan fingerprint density at radius 2 is 1.62 bits per heavy atom. The number of carbonyl (C=O) groups excluding carboxylic acids is 1. The molecule has 0 heterocycles. The van der Waals surface area contributed by atoms with Gasteiger partial charge in [0.05, 0.1) is 26.1 Å². The van der Waals surface area contributed by atoms with Crippen LogP contribution in [0.25, 0.3) is 0 Å². The molecule has 3 nitrogen and oxygen atoms in total. The van der Waals surface area contributed by atoms with Crippen molar-refractivity contribution in [1.29, 1.82) is 0 Å². The minimum atomic E-state index is -0.0243. The minimum absolute atomic E-state index is 0.0243. The van der Waals surface area contributed by atoms with E-state index in [1.807, 2.05) is 13.8 Å². The molecule has 0 atom stereocenters. The summed E-state index contributed by atoms with van der Waals surface area (Å²) in [5, 5.41) is 0. The van der Waals surface area contributed by atoms with Crippen molar-refractivity contribution in [3.8, 4) is 0 Å². The maximum absolute atomic E-state index is 11.6. The minimum Gasteiger partial charge on any atom is -0.459 e. The SMILES string of the molecule is CCC(CC)C(=O)OCC[N+](C)(CC)CC. The Morgan fingerprint density at radius 3 is 2.00 bits per heavy atom. The predicted molar refractivity (Wildman–Crippen MR) is 67.2 cm³/mol. The smallest absolute Gasteiger partial charge is 0.309 e. The van der Waals surface area contributed by atoms with Gasteiger partial charge >= 0.3 is 5.97 Å². The fraction of sp³-hybridized carbons (Fsp3) is 0.923. The molecule has 0 fully saturated rings. The van der Waals surface area contributed by atoms with Crippen LogP contribution in [0.3, 0.4) is 0 Å². The summed E-state index contributed by atoms with van der Waals surface area (Å²) in [6, 6.07) is 0. The number of esters is 1. The fourth-order valence-corrected chi connectivity index (χ4v) is 1.65. The van der Waals surface area contributed by atoms with E-state index in [9.17, 15) is 4.79 Å². The molecule has 3 heteroatoms. The highest BCUT2D eigenvalue weighted by molar-refractivity contribution is 5.72. The van der Waals surface area contributed by atoms with Crippen LogP contribution >= 0.6 is 0 Å². The fourth-order valence-electron chi connectivity index (χ4n) is 1.65. The van der Waals surface area contributed by atoms with Crippen LogP contribution in [0, 0.1) is 5.92 Å². The van der Waals surface area contributed by atoms with Gasteiger partial charge in [0.1, 0.15) is 13.2 Å². The van der Waals surface area contributed by atoms with Gasteiger partial charge in [-0.2, -0.15) is 0 Å². The number of hydrogen-bond donors (Lipinski definition) is 0. The van der Waals surface area contributed by atoms with E-state index < -0.39 is 0 Å². The molecule has 0 aromatic rings. The highest BCUT2D eigenvalue weighted by atomic mass is 16.5. The number of rotatable bonds is 8. The van der Waals surface area contributed by atoms with Gasteiger partial charge in [0, 0.05) is 0 Å². The normalized spacial score (nSPS) is 11.9. The lowest BCUT2D eigenvalue weighted by molar-refractivity contribution is -0.906. The summed E-state index contributed by atoms with van der Waals surface area (Å²) in [5.74, 6) is 0.0609. The second-order valence-electron chi connectivity index (χ2n) is 4.66. The highest BCUT2D eigenvalue weighted by Crippen LogP contribution is 2.10. The number of nitrogens with zero attached hydrogens (tertiary/aromatic N) is 1. The molecule has 0 unspecified atom stereocenters. The van der Waals surface area contributed by atoms with Gasteiger partial charge in [-0.05, 0) is 26.7 Å². The molecule has 0 N–H and O–H groups in total. The molecule has 0 spiro atoms. The van der Waals surface area contributed by atoms with E-state index in [1.54, 1.807) is 0 Å². The third kappa shape index (κ3) is 4.97. The summed E-state index contributed by atoms with van der Waals surface area (Å²) in [6.45, 7) is 12.0. The van der Waals surface area contributed by atoms with Crippen LogP contribution in [0.1, 0.15) is 40.5 Å². The standard InChI is InChI=1S/C13H28NO2/c1-6-12(7-2)13(15)16-11-10-14(5,8-3)9-4/h12H,6-11H2,1-5H3/q+1. The van der Waals surface area contributed by atoms with Gasteiger partial charge in [0.15, 0.2) is 0 Å². The van der Waals surface area contributed by atoms with Gasteiger partial charge in [-0.3, -0.25) is 4.79 Å². The monoisotopic (exact) mass is 230 g/mol. The number of ether oxygens (including phenoxy) is 1. The van der Waals surface area contributed by atoms with Crippen molar-refractivity contribution in [2.24, 2.45) is 5.92 Å². The maximum Gasteiger partial charge on any atom is 0.309 e. The molecule has 96 valence electrons. The molecule has 0 saturated heterocycles. The number of carbonyl (C=O) groups is 1.